The smallest absolute Gasteiger partial charge is 0.225 e. The van der Waals surface area contributed by atoms with Crippen molar-refractivity contribution < 1.29 is 9.59 Å². The van der Waals surface area contributed by atoms with Gasteiger partial charge in [-0.1, -0.05) is 25.7 Å². The number of carbonyl (C=O) groups is 2. The van der Waals surface area contributed by atoms with Crippen LogP contribution in [0.25, 0.3) is 0 Å². The van der Waals surface area contributed by atoms with Crippen LogP contribution in [-0.4, -0.2) is 35.8 Å². The van der Waals surface area contributed by atoms with E-state index in [9.17, 15) is 9.59 Å². The SMILES string of the molecule is O=C(NC1CCCCCC1)[C@@H]1CCCN(C(=O)C2CC2)C1. The molecule has 0 aromatic rings. The Bertz CT molecular complexity index is 384. The first-order chi connectivity index (χ1) is 10.2. The average Bonchev–Trinajstić information content (AvgIpc) is 3.34. The average molecular weight is 292 g/mol. The Hall–Kier alpha value is -1.06. The highest BCUT2D eigenvalue weighted by Gasteiger charge is 2.36. The molecule has 4 heteroatoms. The summed E-state index contributed by atoms with van der Waals surface area (Å²) in [5.41, 5.74) is 0. The standard InChI is InChI=1S/C17H28N2O2/c20-16(18-15-7-3-1-2-4-8-15)14-6-5-11-19(12-14)17(21)13-9-10-13/h13-15H,1-12H2,(H,18,20)/t14-/m1/s1. The molecule has 3 rings (SSSR count). The van der Waals surface area contributed by atoms with Gasteiger partial charge in [0.25, 0.3) is 0 Å². The Morgan fingerprint density at radius 1 is 0.810 bits per heavy atom. The van der Waals surface area contributed by atoms with Crippen molar-refractivity contribution in [2.75, 3.05) is 13.1 Å². The molecule has 1 heterocycles. The molecule has 1 atom stereocenters. The Labute approximate surface area is 127 Å². The van der Waals surface area contributed by atoms with Gasteiger partial charge in [-0.3, -0.25) is 9.59 Å². The molecule has 0 aromatic heterocycles. The monoisotopic (exact) mass is 292 g/mol. The van der Waals surface area contributed by atoms with Gasteiger partial charge in [-0.05, 0) is 38.5 Å². The molecule has 3 aliphatic rings. The first kappa shape index (κ1) is 14.9. The van der Waals surface area contributed by atoms with Gasteiger partial charge in [0.1, 0.15) is 0 Å². The first-order valence-electron chi connectivity index (χ1n) is 8.83. The molecular weight excluding hydrogens is 264 g/mol. The minimum Gasteiger partial charge on any atom is -0.353 e. The van der Waals surface area contributed by atoms with Crippen molar-refractivity contribution in [1.82, 2.24) is 10.2 Å². The number of likely N-dealkylation sites (tertiary alicyclic amines) is 1. The molecule has 118 valence electrons. The highest BCUT2D eigenvalue weighted by Crippen LogP contribution is 2.32. The van der Waals surface area contributed by atoms with Crippen LogP contribution in [0.15, 0.2) is 0 Å². The molecule has 1 saturated heterocycles. The van der Waals surface area contributed by atoms with Crippen LogP contribution in [0.5, 0.6) is 0 Å². The zero-order valence-corrected chi connectivity index (χ0v) is 13.0. The summed E-state index contributed by atoms with van der Waals surface area (Å²) < 4.78 is 0. The van der Waals surface area contributed by atoms with Crippen LogP contribution in [0.1, 0.15) is 64.2 Å². The van der Waals surface area contributed by atoms with Gasteiger partial charge < -0.3 is 10.2 Å². The Kier molecular flexibility index (Phi) is 4.81. The van der Waals surface area contributed by atoms with E-state index in [1.807, 2.05) is 4.90 Å². The molecule has 4 nitrogen and oxygen atoms in total. The van der Waals surface area contributed by atoms with E-state index in [4.69, 9.17) is 0 Å². The second kappa shape index (κ2) is 6.80. The van der Waals surface area contributed by atoms with E-state index in [0.717, 1.165) is 45.1 Å². The summed E-state index contributed by atoms with van der Waals surface area (Å²) in [6, 6.07) is 0.370. The van der Waals surface area contributed by atoms with Crippen molar-refractivity contribution in [2.45, 2.75) is 70.3 Å². The van der Waals surface area contributed by atoms with Crippen LogP contribution in [0.4, 0.5) is 0 Å². The summed E-state index contributed by atoms with van der Waals surface area (Å²) >= 11 is 0. The molecule has 1 aliphatic heterocycles. The van der Waals surface area contributed by atoms with Crippen molar-refractivity contribution in [3.63, 3.8) is 0 Å². The first-order valence-corrected chi connectivity index (χ1v) is 8.83. The maximum absolute atomic E-state index is 12.5. The van der Waals surface area contributed by atoms with Crippen molar-refractivity contribution in [3.8, 4) is 0 Å². The maximum Gasteiger partial charge on any atom is 0.225 e. The quantitative estimate of drug-likeness (QED) is 0.812. The van der Waals surface area contributed by atoms with E-state index in [1.54, 1.807) is 0 Å². The lowest BCUT2D eigenvalue weighted by atomic mass is 9.96. The van der Waals surface area contributed by atoms with Crippen LogP contribution in [0, 0.1) is 11.8 Å². The lowest BCUT2D eigenvalue weighted by Gasteiger charge is -2.33. The number of piperidine rings is 1. The minimum absolute atomic E-state index is 0.0182. The fourth-order valence-corrected chi connectivity index (χ4v) is 3.72. The van der Waals surface area contributed by atoms with Gasteiger partial charge in [0.05, 0.1) is 5.92 Å². The van der Waals surface area contributed by atoms with Gasteiger partial charge in [-0.2, -0.15) is 0 Å². The van der Waals surface area contributed by atoms with Gasteiger partial charge >= 0.3 is 0 Å². The molecule has 0 radical (unpaired) electrons. The van der Waals surface area contributed by atoms with Crippen LogP contribution in [0.2, 0.25) is 0 Å². The molecule has 0 aromatic carbocycles. The minimum atomic E-state index is 0.0182. The Morgan fingerprint density at radius 3 is 2.19 bits per heavy atom. The molecule has 0 unspecified atom stereocenters. The Morgan fingerprint density at radius 2 is 1.52 bits per heavy atom. The predicted octanol–water partition coefficient (Wildman–Crippen LogP) is 2.47. The van der Waals surface area contributed by atoms with Crippen LogP contribution < -0.4 is 5.32 Å². The van der Waals surface area contributed by atoms with E-state index < -0.39 is 0 Å². The maximum atomic E-state index is 12.5. The van der Waals surface area contributed by atoms with Crippen molar-refractivity contribution >= 4 is 11.8 Å². The summed E-state index contributed by atoms with van der Waals surface area (Å²) in [5.74, 6) is 0.774. The topological polar surface area (TPSA) is 49.4 Å². The third-order valence-corrected chi connectivity index (χ3v) is 5.23. The molecular formula is C17H28N2O2. The largest absolute Gasteiger partial charge is 0.353 e. The van der Waals surface area contributed by atoms with E-state index in [0.29, 0.717) is 18.5 Å². The van der Waals surface area contributed by atoms with Crippen LogP contribution >= 0.6 is 0 Å². The lowest BCUT2D eigenvalue weighted by molar-refractivity contribution is -0.137. The number of carbonyl (C=O) groups excluding carboxylic acids is 2. The van der Waals surface area contributed by atoms with Gasteiger partial charge in [-0.15, -0.1) is 0 Å². The predicted molar refractivity (Wildman–Crippen MR) is 81.7 cm³/mol. The van der Waals surface area contributed by atoms with E-state index in [-0.39, 0.29) is 17.7 Å². The van der Waals surface area contributed by atoms with Gasteiger partial charge in [0.15, 0.2) is 0 Å². The third-order valence-electron chi connectivity index (χ3n) is 5.23. The number of nitrogens with zero attached hydrogens (tertiary/aromatic N) is 1. The van der Waals surface area contributed by atoms with Crippen molar-refractivity contribution in [2.24, 2.45) is 11.8 Å². The lowest BCUT2D eigenvalue weighted by Crippen LogP contribution is -2.47. The summed E-state index contributed by atoms with van der Waals surface area (Å²) in [6.45, 7) is 1.50. The summed E-state index contributed by atoms with van der Waals surface area (Å²) in [7, 11) is 0. The third kappa shape index (κ3) is 3.98. The highest BCUT2D eigenvalue weighted by atomic mass is 16.2. The molecule has 0 bridgehead atoms. The fourth-order valence-electron chi connectivity index (χ4n) is 3.72. The molecule has 2 aliphatic carbocycles. The molecule has 2 amide bonds. The zero-order chi connectivity index (χ0) is 14.7. The summed E-state index contributed by atoms with van der Waals surface area (Å²) in [4.78, 5) is 26.6. The summed E-state index contributed by atoms with van der Waals surface area (Å²) in [6.07, 6.45) is 11.4. The van der Waals surface area contributed by atoms with Crippen molar-refractivity contribution in [3.05, 3.63) is 0 Å². The van der Waals surface area contributed by atoms with Gasteiger partial charge in [-0.25, -0.2) is 0 Å². The second-order valence-electron chi connectivity index (χ2n) is 7.09. The number of hydrogen-bond acceptors (Lipinski definition) is 2. The molecule has 2 saturated carbocycles. The van der Waals surface area contributed by atoms with Crippen LogP contribution in [0.3, 0.4) is 0 Å². The Balaban J connectivity index is 1.50. The molecule has 0 spiro atoms. The number of rotatable bonds is 3. The fraction of sp³-hybridized carbons (Fsp3) is 0.882. The van der Waals surface area contributed by atoms with E-state index >= 15 is 0 Å². The number of hydrogen-bond donors (Lipinski definition) is 1. The molecule has 21 heavy (non-hydrogen) atoms. The second-order valence-corrected chi connectivity index (χ2v) is 7.09. The normalized spacial score (nSPS) is 28.0. The highest BCUT2D eigenvalue weighted by molar-refractivity contribution is 5.83. The zero-order valence-electron chi connectivity index (χ0n) is 13.0. The van der Waals surface area contributed by atoms with E-state index in [1.165, 1.54) is 25.7 Å². The molecule has 1 N–H and O–H groups in total. The van der Waals surface area contributed by atoms with Crippen LogP contribution in [-0.2, 0) is 9.59 Å². The van der Waals surface area contributed by atoms with Gasteiger partial charge in [0, 0.05) is 25.0 Å². The van der Waals surface area contributed by atoms with Crippen molar-refractivity contribution in [1.29, 1.82) is 0 Å². The van der Waals surface area contributed by atoms with E-state index in [2.05, 4.69) is 5.32 Å². The van der Waals surface area contributed by atoms with Gasteiger partial charge in [0.2, 0.25) is 11.8 Å². The summed E-state index contributed by atoms with van der Waals surface area (Å²) in [5, 5.41) is 3.26. The molecule has 3 fully saturated rings. The number of nitrogens with one attached hydrogen (secondary N) is 1. The number of amides is 2.